The summed E-state index contributed by atoms with van der Waals surface area (Å²) in [6.07, 6.45) is 3.25. The highest BCUT2D eigenvalue weighted by atomic mass is 32.1. The van der Waals surface area contributed by atoms with E-state index in [4.69, 9.17) is 4.74 Å². The van der Waals surface area contributed by atoms with Crippen LogP contribution in [-0.4, -0.2) is 20.6 Å². The lowest BCUT2D eigenvalue weighted by molar-refractivity contribution is -0.139. The maximum Gasteiger partial charge on any atom is 0.331 e. The Morgan fingerprint density at radius 2 is 2.00 bits per heavy atom. The molecule has 2 aromatic carbocycles. The molecule has 5 nitrogen and oxygen atoms in total. The van der Waals surface area contributed by atoms with E-state index in [2.05, 4.69) is 22.2 Å². The predicted octanol–water partition coefficient (Wildman–Crippen LogP) is 4.32. The van der Waals surface area contributed by atoms with Gasteiger partial charge in [-0.3, -0.25) is 0 Å². The first kappa shape index (κ1) is 16.5. The van der Waals surface area contributed by atoms with Crippen molar-refractivity contribution in [3.8, 4) is 0 Å². The van der Waals surface area contributed by atoms with Crippen molar-refractivity contribution < 1.29 is 9.53 Å². The smallest absolute Gasteiger partial charge is 0.331 e. The first-order chi connectivity index (χ1) is 12.6. The molecular weight excluding hydrogens is 346 g/mol. The molecular formula is C20H17N3O2S. The van der Waals surface area contributed by atoms with Crippen LogP contribution in [0.3, 0.4) is 0 Å². The van der Waals surface area contributed by atoms with Gasteiger partial charge in [0, 0.05) is 6.08 Å². The number of imidazole rings is 1. The van der Waals surface area contributed by atoms with Gasteiger partial charge in [0.2, 0.25) is 4.96 Å². The number of hydrogen-bond acceptors (Lipinski definition) is 5. The van der Waals surface area contributed by atoms with Crippen molar-refractivity contribution >= 4 is 39.1 Å². The Bertz CT molecular complexity index is 1140. The molecule has 4 aromatic rings. The highest BCUT2D eigenvalue weighted by molar-refractivity contribution is 7.16. The van der Waals surface area contributed by atoms with E-state index in [1.807, 2.05) is 44.2 Å². The number of carbonyl (C=O) groups is 1. The van der Waals surface area contributed by atoms with Crippen LogP contribution in [0.4, 0.5) is 0 Å². The third-order valence-electron chi connectivity index (χ3n) is 4.17. The maximum absolute atomic E-state index is 12.1. The third-order valence-corrected chi connectivity index (χ3v) is 5.00. The van der Waals surface area contributed by atoms with Crippen molar-refractivity contribution in [3.63, 3.8) is 0 Å². The van der Waals surface area contributed by atoms with Crippen molar-refractivity contribution in [2.75, 3.05) is 0 Å². The molecule has 0 spiro atoms. The van der Waals surface area contributed by atoms with Crippen molar-refractivity contribution in [2.45, 2.75) is 20.5 Å². The number of benzene rings is 2. The van der Waals surface area contributed by atoms with Crippen LogP contribution in [0.5, 0.6) is 0 Å². The quantitative estimate of drug-likeness (QED) is 0.400. The van der Waals surface area contributed by atoms with Crippen molar-refractivity contribution in [3.05, 3.63) is 70.5 Å². The van der Waals surface area contributed by atoms with Gasteiger partial charge in [-0.15, -0.1) is 0 Å². The highest BCUT2D eigenvalue weighted by Crippen LogP contribution is 2.20. The summed E-state index contributed by atoms with van der Waals surface area (Å²) in [6, 6.07) is 14.1. The number of nitrogens with zero attached hydrogens (tertiary/aromatic N) is 3. The second kappa shape index (κ2) is 6.72. The molecule has 0 bridgehead atoms. The number of aromatic nitrogens is 3. The van der Waals surface area contributed by atoms with Crippen molar-refractivity contribution in [2.24, 2.45) is 0 Å². The monoisotopic (exact) mass is 363 g/mol. The van der Waals surface area contributed by atoms with Gasteiger partial charge in [0.1, 0.15) is 17.3 Å². The Morgan fingerprint density at radius 3 is 2.88 bits per heavy atom. The van der Waals surface area contributed by atoms with Gasteiger partial charge in [-0.05, 0) is 36.3 Å². The van der Waals surface area contributed by atoms with E-state index in [0.717, 1.165) is 37.7 Å². The molecule has 0 aliphatic carbocycles. The average Bonchev–Trinajstić information content (AvgIpc) is 3.12. The molecule has 6 heteroatoms. The summed E-state index contributed by atoms with van der Waals surface area (Å²) >= 11 is 1.52. The first-order valence-corrected chi connectivity index (χ1v) is 9.08. The van der Waals surface area contributed by atoms with Crippen LogP contribution in [0, 0.1) is 13.8 Å². The number of fused-ring (bicyclic) bond motifs is 2. The van der Waals surface area contributed by atoms with Gasteiger partial charge in [0.15, 0.2) is 0 Å². The van der Waals surface area contributed by atoms with E-state index in [1.54, 1.807) is 10.6 Å². The van der Waals surface area contributed by atoms with Crippen LogP contribution < -0.4 is 0 Å². The Labute approximate surface area is 154 Å². The molecule has 0 fully saturated rings. The molecule has 26 heavy (non-hydrogen) atoms. The average molecular weight is 363 g/mol. The Kier molecular flexibility index (Phi) is 4.26. The summed E-state index contributed by atoms with van der Waals surface area (Å²) in [6.45, 7) is 3.97. The van der Waals surface area contributed by atoms with E-state index < -0.39 is 0 Å². The van der Waals surface area contributed by atoms with Gasteiger partial charge in [-0.2, -0.15) is 5.10 Å². The number of carbonyl (C=O) groups excluding carboxylic acids is 1. The van der Waals surface area contributed by atoms with Crippen LogP contribution in [0.25, 0.3) is 21.8 Å². The molecule has 0 amide bonds. The largest absolute Gasteiger partial charge is 0.456 e. The minimum absolute atomic E-state index is 0.148. The number of esters is 1. The summed E-state index contributed by atoms with van der Waals surface area (Å²) in [7, 11) is 0. The van der Waals surface area contributed by atoms with Gasteiger partial charge in [-0.1, -0.05) is 53.8 Å². The van der Waals surface area contributed by atoms with Crippen LogP contribution in [0.15, 0.2) is 48.5 Å². The lowest BCUT2D eigenvalue weighted by atomic mass is 10.0. The van der Waals surface area contributed by atoms with Crippen LogP contribution in [0.2, 0.25) is 0 Å². The number of ether oxygens (including phenoxy) is 1. The molecule has 0 unspecified atom stereocenters. The van der Waals surface area contributed by atoms with Crippen LogP contribution in [-0.2, 0) is 16.1 Å². The van der Waals surface area contributed by atoms with E-state index in [0.29, 0.717) is 0 Å². The fraction of sp³-hybridized carbons (Fsp3) is 0.150. The molecule has 0 N–H and O–H groups in total. The van der Waals surface area contributed by atoms with Crippen LogP contribution in [0.1, 0.15) is 22.0 Å². The first-order valence-electron chi connectivity index (χ1n) is 8.26. The van der Waals surface area contributed by atoms with E-state index in [-0.39, 0.29) is 12.6 Å². The second-order valence-corrected chi connectivity index (χ2v) is 7.13. The van der Waals surface area contributed by atoms with Gasteiger partial charge >= 0.3 is 5.97 Å². The molecule has 0 saturated carbocycles. The van der Waals surface area contributed by atoms with E-state index >= 15 is 0 Å². The van der Waals surface area contributed by atoms with Gasteiger partial charge < -0.3 is 4.74 Å². The summed E-state index contributed by atoms with van der Waals surface area (Å²) < 4.78 is 7.14. The Morgan fingerprint density at radius 1 is 1.19 bits per heavy atom. The molecule has 0 atom stereocenters. The predicted molar refractivity (Wildman–Crippen MR) is 103 cm³/mol. The van der Waals surface area contributed by atoms with Crippen molar-refractivity contribution in [1.29, 1.82) is 0 Å². The lowest BCUT2D eigenvalue weighted by Gasteiger charge is -2.03. The zero-order valence-corrected chi connectivity index (χ0v) is 15.3. The van der Waals surface area contributed by atoms with Crippen molar-refractivity contribution in [1.82, 2.24) is 14.6 Å². The van der Waals surface area contributed by atoms with E-state index in [1.165, 1.54) is 17.4 Å². The standard InChI is InChI=1S/C20H17N3O2S/c1-13-18(23-20(21-13)26-14(2)22-23)12-25-19(24)11-10-16-8-5-7-15-6-3-4-9-17(15)16/h3-11H,12H2,1-2H3. The molecule has 0 radical (unpaired) electrons. The fourth-order valence-corrected chi connectivity index (χ4v) is 3.70. The summed E-state index contributed by atoms with van der Waals surface area (Å²) in [4.78, 5) is 17.4. The lowest BCUT2D eigenvalue weighted by Crippen LogP contribution is -2.05. The number of aryl methyl sites for hydroxylation is 2. The molecule has 0 saturated heterocycles. The zero-order chi connectivity index (χ0) is 18.1. The second-order valence-electron chi connectivity index (χ2n) is 5.97. The van der Waals surface area contributed by atoms with Crippen LogP contribution >= 0.6 is 11.3 Å². The van der Waals surface area contributed by atoms with Gasteiger partial charge in [0.05, 0.1) is 5.69 Å². The summed E-state index contributed by atoms with van der Waals surface area (Å²) in [5.41, 5.74) is 2.61. The zero-order valence-electron chi connectivity index (χ0n) is 14.5. The molecule has 0 aliphatic rings. The Hall–Kier alpha value is -2.99. The minimum atomic E-state index is -0.390. The van der Waals surface area contributed by atoms with Gasteiger partial charge in [0.25, 0.3) is 0 Å². The third kappa shape index (κ3) is 3.11. The summed E-state index contributed by atoms with van der Waals surface area (Å²) in [5.74, 6) is -0.390. The molecule has 130 valence electrons. The normalized spacial score (nSPS) is 11.6. The minimum Gasteiger partial charge on any atom is -0.456 e. The number of rotatable bonds is 4. The number of hydrogen-bond donors (Lipinski definition) is 0. The SMILES string of the molecule is Cc1nn2c(COC(=O)C=Cc3cccc4ccccc34)c(C)nc2s1. The van der Waals surface area contributed by atoms with E-state index in [9.17, 15) is 4.79 Å². The topological polar surface area (TPSA) is 56.5 Å². The molecule has 2 heterocycles. The maximum atomic E-state index is 12.1. The highest BCUT2D eigenvalue weighted by Gasteiger charge is 2.13. The fourth-order valence-electron chi connectivity index (χ4n) is 2.89. The van der Waals surface area contributed by atoms with Gasteiger partial charge in [-0.25, -0.2) is 14.3 Å². The Balaban J connectivity index is 1.50. The summed E-state index contributed by atoms with van der Waals surface area (Å²) in [5, 5.41) is 7.57. The molecule has 4 rings (SSSR count). The molecule has 0 aliphatic heterocycles. The molecule has 2 aromatic heterocycles.